The van der Waals surface area contributed by atoms with Gasteiger partial charge in [-0.2, -0.15) is 4.98 Å². The van der Waals surface area contributed by atoms with E-state index in [1.807, 2.05) is 7.05 Å². The minimum atomic E-state index is 0.648. The van der Waals surface area contributed by atoms with Crippen LogP contribution in [0.5, 0.6) is 0 Å². The van der Waals surface area contributed by atoms with Gasteiger partial charge in [0, 0.05) is 19.8 Å². The lowest BCUT2D eigenvalue weighted by Crippen LogP contribution is -2.21. The molecule has 82 valence electrons. The second-order valence-corrected chi connectivity index (χ2v) is 4.67. The Hall–Kier alpha value is -0.840. The zero-order valence-corrected chi connectivity index (χ0v) is 10.3. The molecule has 0 aliphatic heterocycles. The summed E-state index contributed by atoms with van der Waals surface area (Å²) in [5.41, 5.74) is 0. The standard InChI is InChI=1S/C10H15BrN4/c1-12-10-14-6-8(11)9(15-10)13-5-7-3-2-4-7/h6-7H,2-5H2,1H3,(H2,12,13,14,15). The third-order valence-electron chi connectivity index (χ3n) is 2.75. The quantitative estimate of drug-likeness (QED) is 0.883. The van der Waals surface area contributed by atoms with E-state index in [0.29, 0.717) is 5.95 Å². The summed E-state index contributed by atoms with van der Waals surface area (Å²) in [4.78, 5) is 8.45. The number of halogens is 1. The summed E-state index contributed by atoms with van der Waals surface area (Å²) in [6.45, 7) is 1.01. The van der Waals surface area contributed by atoms with E-state index in [0.717, 1.165) is 22.8 Å². The van der Waals surface area contributed by atoms with E-state index in [4.69, 9.17) is 0 Å². The molecule has 1 aromatic rings. The molecule has 2 N–H and O–H groups in total. The van der Waals surface area contributed by atoms with Crippen molar-refractivity contribution in [3.8, 4) is 0 Å². The van der Waals surface area contributed by atoms with Crippen molar-refractivity contribution in [3.63, 3.8) is 0 Å². The lowest BCUT2D eigenvalue weighted by atomic mass is 9.85. The molecule has 1 aliphatic carbocycles. The highest BCUT2D eigenvalue weighted by molar-refractivity contribution is 9.10. The van der Waals surface area contributed by atoms with Gasteiger partial charge in [-0.1, -0.05) is 6.42 Å². The highest BCUT2D eigenvalue weighted by atomic mass is 79.9. The van der Waals surface area contributed by atoms with Crippen LogP contribution in [0.2, 0.25) is 0 Å². The highest BCUT2D eigenvalue weighted by Gasteiger charge is 2.17. The predicted molar refractivity (Wildman–Crippen MR) is 65.1 cm³/mol. The Bertz CT molecular complexity index is 338. The zero-order chi connectivity index (χ0) is 10.7. The van der Waals surface area contributed by atoms with E-state index in [2.05, 4.69) is 36.5 Å². The topological polar surface area (TPSA) is 49.8 Å². The van der Waals surface area contributed by atoms with Crippen LogP contribution in [0.3, 0.4) is 0 Å². The predicted octanol–water partition coefficient (Wildman–Crippen LogP) is 2.49. The van der Waals surface area contributed by atoms with Gasteiger partial charge in [0.05, 0.1) is 4.47 Å². The molecule has 0 radical (unpaired) electrons. The molecule has 1 fully saturated rings. The van der Waals surface area contributed by atoms with Crippen LogP contribution in [-0.2, 0) is 0 Å². The van der Waals surface area contributed by atoms with Crippen molar-refractivity contribution < 1.29 is 0 Å². The molecule has 0 spiro atoms. The Labute approximate surface area is 98.0 Å². The van der Waals surface area contributed by atoms with Gasteiger partial charge in [0.25, 0.3) is 0 Å². The van der Waals surface area contributed by atoms with Crippen LogP contribution in [-0.4, -0.2) is 23.6 Å². The Kier molecular flexibility index (Phi) is 3.41. The van der Waals surface area contributed by atoms with Crippen molar-refractivity contribution in [2.45, 2.75) is 19.3 Å². The molecule has 4 nitrogen and oxygen atoms in total. The summed E-state index contributed by atoms with van der Waals surface area (Å²) in [6.07, 6.45) is 5.82. The smallest absolute Gasteiger partial charge is 0.224 e. The summed E-state index contributed by atoms with van der Waals surface area (Å²) < 4.78 is 0.917. The van der Waals surface area contributed by atoms with Crippen molar-refractivity contribution >= 4 is 27.7 Å². The van der Waals surface area contributed by atoms with Gasteiger partial charge in [-0.15, -0.1) is 0 Å². The maximum atomic E-state index is 4.34. The van der Waals surface area contributed by atoms with Crippen LogP contribution >= 0.6 is 15.9 Å². The normalized spacial score (nSPS) is 15.9. The number of nitrogens with one attached hydrogen (secondary N) is 2. The number of anilines is 2. The minimum Gasteiger partial charge on any atom is -0.369 e. The molecule has 0 unspecified atom stereocenters. The zero-order valence-electron chi connectivity index (χ0n) is 8.76. The molecule has 2 rings (SSSR count). The Balaban J connectivity index is 1.98. The van der Waals surface area contributed by atoms with Crippen molar-refractivity contribution in [1.29, 1.82) is 0 Å². The van der Waals surface area contributed by atoms with Crippen molar-refractivity contribution in [2.24, 2.45) is 5.92 Å². The largest absolute Gasteiger partial charge is 0.369 e. The van der Waals surface area contributed by atoms with Gasteiger partial charge in [0.15, 0.2) is 0 Å². The molecule has 0 atom stereocenters. The second-order valence-electron chi connectivity index (χ2n) is 3.82. The van der Waals surface area contributed by atoms with Gasteiger partial charge < -0.3 is 10.6 Å². The molecule has 1 aliphatic rings. The lowest BCUT2D eigenvalue weighted by Gasteiger charge is -2.25. The lowest BCUT2D eigenvalue weighted by molar-refractivity contribution is 0.333. The Morgan fingerprint density at radius 2 is 2.33 bits per heavy atom. The first-order valence-corrected chi connectivity index (χ1v) is 6.03. The van der Waals surface area contributed by atoms with E-state index in [9.17, 15) is 0 Å². The van der Waals surface area contributed by atoms with Crippen LogP contribution in [0.15, 0.2) is 10.7 Å². The number of hydrogen-bond donors (Lipinski definition) is 2. The summed E-state index contributed by atoms with van der Waals surface area (Å²) >= 11 is 3.43. The molecule has 0 bridgehead atoms. The third kappa shape index (κ3) is 2.59. The van der Waals surface area contributed by atoms with Crippen molar-refractivity contribution in [1.82, 2.24) is 9.97 Å². The molecule has 1 saturated carbocycles. The van der Waals surface area contributed by atoms with E-state index in [1.54, 1.807) is 6.20 Å². The van der Waals surface area contributed by atoms with Crippen LogP contribution < -0.4 is 10.6 Å². The van der Waals surface area contributed by atoms with E-state index < -0.39 is 0 Å². The average Bonchev–Trinajstić information content (AvgIpc) is 2.18. The van der Waals surface area contributed by atoms with Crippen LogP contribution in [0.25, 0.3) is 0 Å². The van der Waals surface area contributed by atoms with Crippen LogP contribution in [0.1, 0.15) is 19.3 Å². The molecule has 15 heavy (non-hydrogen) atoms. The van der Waals surface area contributed by atoms with Gasteiger partial charge in [-0.3, -0.25) is 0 Å². The first kappa shape index (κ1) is 10.7. The van der Waals surface area contributed by atoms with Gasteiger partial charge >= 0.3 is 0 Å². The number of hydrogen-bond acceptors (Lipinski definition) is 4. The highest BCUT2D eigenvalue weighted by Crippen LogP contribution is 2.27. The van der Waals surface area contributed by atoms with Crippen LogP contribution in [0.4, 0.5) is 11.8 Å². The fourth-order valence-electron chi connectivity index (χ4n) is 1.55. The molecule has 0 aromatic carbocycles. The average molecular weight is 271 g/mol. The van der Waals surface area contributed by atoms with Gasteiger partial charge in [0.1, 0.15) is 5.82 Å². The van der Waals surface area contributed by atoms with E-state index in [1.165, 1.54) is 19.3 Å². The molecule has 1 heterocycles. The van der Waals surface area contributed by atoms with Crippen molar-refractivity contribution in [3.05, 3.63) is 10.7 Å². The number of rotatable bonds is 4. The minimum absolute atomic E-state index is 0.648. The number of aromatic nitrogens is 2. The molecule has 5 heteroatoms. The fraction of sp³-hybridized carbons (Fsp3) is 0.600. The molecule has 0 amide bonds. The first-order valence-electron chi connectivity index (χ1n) is 5.23. The molecule has 1 aromatic heterocycles. The Morgan fingerprint density at radius 3 is 2.93 bits per heavy atom. The van der Waals surface area contributed by atoms with Crippen LogP contribution in [0, 0.1) is 5.92 Å². The number of nitrogens with zero attached hydrogens (tertiary/aromatic N) is 2. The summed E-state index contributed by atoms with van der Waals surface area (Å²) in [5.74, 6) is 2.35. The van der Waals surface area contributed by atoms with Crippen molar-refractivity contribution in [2.75, 3.05) is 24.2 Å². The Morgan fingerprint density at radius 1 is 1.53 bits per heavy atom. The summed E-state index contributed by atoms with van der Waals surface area (Å²) in [5, 5.41) is 6.28. The molecular weight excluding hydrogens is 256 g/mol. The third-order valence-corrected chi connectivity index (χ3v) is 3.33. The first-order chi connectivity index (χ1) is 7.29. The summed E-state index contributed by atoms with van der Waals surface area (Å²) in [7, 11) is 1.82. The monoisotopic (exact) mass is 270 g/mol. The maximum Gasteiger partial charge on any atom is 0.224 e. The molecular formula is C10H15BrN4. The molecule has 0 saturated heterocycles. The van der Waals surface area contributed by atoms with E-state index >= 15 is 0 Å². The van der Waals surface area contributed by atoms with Gasteiger partial charge in [0.2, 0.25) is 5.95 Å². The second kappa shape index (κ2) is 4.79. The van der Waals surface area contributed by atoms with Gasteiger partial charge in [-0.05, 0) is 34.7 Å². The van der Waals surface area contributed by atoms with Gasteiger partial charge in [-0.25, -0.2) is 4.98 Å². The fourth-order valence-corrected chi connectivity index (χ4v) is 1.88. The van der Waals surface area contributed by atoms with E-state index in [-0.39, 0.29) is 0 Å². The maximum absolute atomic E-state index is 4.34. The summed E-state index contributed by atoms with van der Waals surface area (Å²) in [6, 6.07) is 0. The SMILES string of the molecule is CNc1ncc(Br)c(NCC2CCC2)n1.